The predicted molar refractivity (Wildman–Crippen MR) is 65.9 cm³/mol. The number of likely N-dealkylation sites (tertiary alicyclic amines) is 1. The van der Waals surface area contributed by atoms with Crippen molar-refractivity contribution in [1.29, 1.82) is 0 Å². The van der Waals surface area contributed by atoms with Gasteiger partial charge in [0, 0.05) is 19.7 Å². The van der Waals surface area contributed by atoms with Gasteiger partial charge in [-0.1, -0.05) is 6.92 Å². The van der Waals surface area contributed by atoms with Crippen molar-refractivity contribution < 1.29 is 14.6 Å². The molecular formula is C12H24N2O3. The van der Waals surface area contributed by atoms with E-state index in [-0.39, 0.29) is 0 Å². The summed E-state index contributed by atoms with van der Waals surface area (Å²) in [7, 11) is 0. The minimum atomic E-state index is -0.916. The Morgan fingerprint density at radius 3 is 3.06 bits per heavy atom. The van der Waals surface area contributed by atoms with Crippen LogP contribution in [0, 0.1) is 0 Å². The summed E-state index contributed by atoms with van der Waals surface area (Å²) >= 11 is 0. The third kappa shape index (κ3) is 5.48. The number of nitrogens with zero attached hydrogens (tertiary/aromatic N) is 1. The van der Waals surface area contributed by atoms with Gasteiger partial charge in [0.05, 0.1) is 6.10 Å². The van der Waals surface area contributed by atoms with E-state index in [1.807, 2.05) is 0 Å². The maximum Gasteiger partial charge on any atom is 0.320 e. The molecule has 0 aromatic carbocycles. The summed E-state index contributed by atoms with van der Waals surface area (Å²) in [6.45, 7) is 5.60. The first-order valence-corrected chi connectivity index (χ1v) is 6.45. The summed E-state index contributed by atoms with van der Waals surface area (Å²) in [5, 5.41) is 8.71. The average Bonchev–Trinajstić information content (AvgIpc) is 2.33. The van der Waals surface area contributed by atoms with Crippen molar-refractivity contribution >= 4 is 5.97 Å². The molecule has 0 saturated carbocycles. The van der Waals surface area contributed by atoms with Crippen LogP contribution < -0.4 is 5.73 Å². The van der Waals surface area contributed by atoms with E-state index >= 15 is 0 Å². The number of piperidine rings is 1. The SMILES string of the molecule is CCCOC1CCCN(CCC(N)C(=O)O)C1. The monoisotopic (exact) mass is 244 g/mol. The van der Waals surface area contributed by atoms with E-state index < -0.39 is 12.0 Å². The Morgan fingerprint density at radius 2 is 2.41 bits per heavy atom. The van der Waals surface area contributed by atoms with E-state index in [4.69, 9.17) is 15.6 Å². The largest absolute Gasteiger partial charge is 0.480 e. The number of carboxylic acids is 1. The van der Waals surface area contributed by atoms with Gasteiger partial charge in [0.25, 0.3) is 0 Å². The minimum Gasteiger partial charge on any atom is -0.480 e. The topological polar surface area (TPSA) is 75.8 Å². The second-order valence-corrected chi connectivity index (χ2v) is 4.67. The highest BCUT2D eigenvalue weighted by molar-refractivity contribution is 5.72. The zero-order valence-corrected chi connectivity index (χ0v) is 10.6. The van der Waals surface area contributed by atoms with Crippen LogP contribution in [0.4, 0.5) is 0 Å². The van der Waals surface area contributed by atoms with Gasteiger partial charge >= 0.3 is 5.97 Å². The van der Waals surface area contributed by atoms with Crippen LogP contribution in [0.25, 0.3) is 0 Å². The number of aliphatic carboxylic acids is 1. The van der Waals surface area contributed by atoms with Gasteiger partial charge in [0.15, 0.2) is 0 Å². The molecule has 0 bridgehead atoms. The van der Waals surface area contributed by atoms with Gasteiger partial charge in [0.1, 0.15) is 6.04 Å². The van der Waals surface area contributed by atoms with Crippen molar-refractivity contribution in [2.45, 2.75) is 44.8 Å². The highest BCUT2D eigenvalue weighted by Crippen LogP contribution is 2.13. The number of carbonyl (C=O) groups is 1. The molecule has 0 aliphatic carbocycles. The van der Waals surface area contributed by atoms with Gasteiger partial charge in [-0.25, -0.2) is 0 Å². The first-order chi connectivity index (χ1) is 8.13. The standard InChI is InChI=1S/C12H24N2O3/c1-2-8-17-10-4-3-6-14(9-10)7-5-11(13)12(15)16/h10-11H,2-9,13H2,1H3,(H,15,16). The minimum absolute atomic E-state index is 0.310. The molecule has 1 fully saturated rings. The lowest BCUT2D eigenvalue weighted by molar-refractivity contribution is -0.138. The van der Waals surface area contributed by atoms with Crippen molar-refractivity contribution in [1.82, 2.24) is 4.90 Å². The van der Waals surface area contributed by atoms with Crippen LogP contribution in [0.2, 0.25) is 0 Å². The summed E-state index contributed by atoms with van der Waals surface area (Å²) in [5.74, 6) is -0.916. The quantitative estimate of drug-likeness (QED) is 0.688. The predicted octanol–water partition coefficient (Wildman–Crippen LogP) is 0.679. The molecule has 0 aromatic heterocycles. The van der Waals surface area contributed by atoms with E-state index in [2.05, 4.69) is 11.8 Å². The van der Waals surface area contributed by atoms with Crippen molar-refractivity contribution in [2.24, 2.45) is 5.73 Å². The Labute approximate surface area is 103 Å². The first-order valence-electron chi connectivity index (χ1n) is 6.45. The lowest BCUT2D eigenvalue weighted by Crippen LogP contribution is -2.42. The second-order valence-electron chi connectivity index (χ2n) is 4.67. The molecular weight excluding hydrogens is 220 g/mol. The van der Waals surface area contributed by atoms with Gasteiger partial charge in [-0.3, -0.25) is 4.79 Å². The molecule has 1 aliphatic rings. The van der Waals surface area contributed by atoms with Crippen LogP contribution >= 0.6 is 0 Å². The van der Waals surface area contributed by atoms with Gasteiger partial charge in [0.2, 0.25) is 0 Å². The van der Waals surface area contributed by atoms with Crippen molar-refractivity contribution in [3.63, 3.8) is 0 Å². The van der Waals surface area contributed by atoms with Crippen LogP contribution in [0.1, 0.15) is 32.6 Å². The van der Waals surface area contributed by atoms with Crippen LogP contribution in [0.5, 0.6) is 0 Å². The van der Waals surface area contributed by atoms with E-state index in [0.717, 1.165) is 45.5 Å². The Bertz CT molecular complexity index is 236. The molecule has 5 heteroatoms. The zero-order chi connectivity index (χ0) is 12.7. The third-order valence-corrected chi connectivity index (χ3v) is 3.09. The fourth-order valence-electron chi connectivity index (χ4n) is 2.08. The lowest BCUT2D eigenvalue weighted by Gasteiger charge is -2.32. The van der Waals surface area contributed by atoms with Crippen LogP contribution in [-0.2, 0) is 9.53 Å². The highest BCUT2D eigenvalue weighted by atomic mass is 16.5. The number of nitrogens with two attached hydrogens (primary N) is 1. The molecule has 3 N–H and O–H groups in total. The van der Waals surface area contributed by atoms with Gasteiger partial charge in [-0.2, -0.15) is 0 Å². The van der Waals surface area contributed by atoms with E-state index in [1.54, 1.807) is 0 Å². The number of hydrogen-bond donors (Lipinski definition) is 2. The molecule has 2 unspecified atom stereocenters. The summed E-state index contributed by atoms with van der Waals surface area (Å²) in [4.78, 5) is 12.9. The molecule has 5 nitrogen and oxygen atoms in total. The molecule has 0 amide bonds. The molecule has 0 aromatic rings. The van der Waals surface area contributed by atoms with Crippen LogP contribution in [-0.4, -0.2) is 54.4 Å². The normalized spacial score (nSPS) is 23.5. The van der Waals surface area contributed by atoms with Crippen molar-refractivity contribution in [3.8, 4) is 0 Å². The fraction of sp³-hybridized carbons (Fsp3) is 0.917. The van der Waals surface area contributed by atoms with Gasteiger partial charge in [-0.05, 0) is 32.2 Å². The first kappa shape index (κ1) is 14.4. The number of carboxylic acid groups (broad SMARTS) is 1. The molecule has 1 aliphatic heterocycles. The summed E-state index contributed by atoms with van der Waals surface area (Å²) in [6.07, 6.45) is 4.10. The summed E-state index contributed by atoms with van der Waals surface area (Å²) < 4.78 is 5.73. The van der Waals surface area contributed by atoms with E-state index in [9.17, 15) is 4.79 Å². The van der Waals surface area contributed by atoms with Crippen LogP contribution in [0.15, 0.2) is 0 Å². The molecule has 100 valence electrons. The number of hydrogen-bond acceptors (Lipinski definition) is 4. The third-order valence-electron chi connectivity index (χ3n) is 3.09. The van der Waals surface area contributed by atoms with Gasteiger partial charge < -0.3 is 20.5 Å². The van der Waals surface area contributed by atoms with E-state index in [0.29, 0.717) is 12.5 Å². The number of ether oxygens (including phenoxy) is 1. The summed E-state index contributed by atoms with van der Waals surface area (Å²) in [5.41, 5.74) is 5.49. The molecule has 17 heavy (non-hydrogen) atoms. The van der Waals surface area contributed by atoms with Crippen molar-refractivity contribution in [2.75, 3.05) is 26.2 Å². The Hall–Kier alpha value is -0.650. The molecule has 2 atom stereocenters. The maximum absolute atomic E-state index is 10.6. The molecule has 1 heterocycles. The highest BCUT2D eigenvalue weighted by Gasteiger charge is 2.21. The molecule has 1 saturated heterocycles. The Morgan fingerprint density at radius 1 is 1.65 bits per heavy atom. The zero-order valence-electron chi connectivity index (χ0n) is 10.6. The average molecular weight is 244 g/mol. The smallest absolute Gasteiger partial charge is 0.320 e. The summed E-state index contributed by atoms with van der Waals surface area (Å²) in [6, 6.07) is -0.744. The Kier molecular flexibility index (Phi) is 6.47. The fourth-order valence-corrected chi connectivity index (χ4v) is 2.08. The molecule has 1 rings (SSSR count). The van der Waals surface area contributed by atoms with Crippen molar-refractivity contribution in [3.05, 3.63) is 0 Å². The Balaban J connectivity index is 2.22. The number of rotatable bonds is 7. The molecule has 0 spiro atoms. The second kappa shape index (κ2) is 7.63. The maximum atomic E-state index is 10.6. The molecule has 0 radical (unpaired) electrons. The van der Waals surface area contributed by atoms with E-state index in [1.165, 1.54) is 0 Å². The van der Waals surface area contributed by atoms with Crippen LogP contribution in [0.3, 0.4) is 0 Å². The van der Waals surface area contributed by atoms with Gasteiger partial charge in [-0.15, -0.1) is 0 Å². The lowest BCUT2D eigenvalue weighted by atomic mass is 10.1.